The largest absolute Gasteiger partial charge is 0.455 e. The van der Waals surface area contributed by atoms with Crippen LogP contribution in [0, 0.1) is 0 Å². The molecule has 0 N–H and O–H groups in total. The van der Waals surface area contributed by atoms with Gasteiger partial charge in [-0.1, -0.05) is 23.7 Å². The number of hydrogen-bond donors (Lipinski definition) is 0. The normalized spacial score (nSPS) is 21.7. The van der Waals surface area contributed by atoms with Crippen LogP contribution in [0.15, 0.2) is 24.3 Å². The van der Waals surface area contributed by atoms with Gasteiger partial charge in [-0.3, -0.25) is 9.59 Å². The summed E-state index contributed by atoms with van der Waals surface area (Å²) < 4.78 is 28.4. The molecule has 3 rings (SSSR count). The van der Waals surface area contributed by atoms with Crippen LogP contribution < -0.4 is 0 Å². The zero-order chi connectivity index (χ0) is 18.0. The van der Waals surface area contributed by atoms with Gasteiger partial charge < -0.3 is 9.64 Å². The van der Waals surface area contributed by atoms with E-state index < -0.39 is 15.8 Å². The first-order valence-corrected chi connectivity index (χ1v) is 10.5. The van der Waals surface area contributed by atoms with Gasteiger partial charge in [0, 0.05) is 17.1 Å². The van der Waals surface area contributed by atoms with E-state index in [1.807, 2.05) is 0 Å². The highest BCUT2D eigenvalue weighted by atomic mass is 35.5. The van der Waals surface area contributed by atoms with Crippen molar-refractivity contribution in [2.45, 2.75) is 37.8 Å². The van der Waals surface area contributed by atoms with Gasteiger partial charge >= 0.3 is 5.97 Å². The highest BCUT2D eigenvalue weighted by Crippen LogP contribution is 2.32. The number of carbonyl (C=O) groups is 2. The Morgan fingerprint density at radius 2 is 1.80 bits per heavy atom. The third kappa shape index (κ3) is 4.95. The number of sulfone groups is 1. The van der Waals surface area contributed by atoms with Gasteiger partial charge in [-0.15, -0.1) is 0 Å². The van der Waals surface area contributed by atoms with E-state index in [9.17, 15) is 18.0 Å². The highest BCUT2D eigenvalue weighted by Gasteiger charge is 2.42. The van der Waals surface area contributed by atoms with E-state index in [1.54, 1.807) is 29.2 Å². The summed E-state index contributed by atoms with van der Waals surface area (Å²) in [6.07, 6.45) is 2.27. The monoisotopic (exact) mass is 385 g/mol. The molecule has 1 saturated carbocycles. The molecular formula is C17H20ClNO5S. The van der Waals surface area contributed by atoms with Crippen LogP contribution in [0.2, 0.25) is 5.02 Å². The summed E-state index contributed by atoms with van der Waals surface area (Å²) in [5.74, 6) is -0.683. The number of esters is 1. The topological polar surface area (TPSA) is 80.8 Å². The van der Waals surface area contributed by atoms with Crippen molar-refractivity contribution >= 4 is 33.3 Å². The maximum Gasteiger partial charge on any atom is 0.310 e. The van der Waals surface area contributed by atoms with E-state index >= 15 is 0 Å². The zero-order valence-corrected chi connectivity index (χ0v) is 15.3. The minimum absolute atomic E-state index is 0.00790. The molecular weight excluding hydrogens is 366 g/mol. The summed E-state index contributed by atoms with van der Waals surface area (Å²) in [5.41, 5.74) is 0.753. The van der Waals surface area contributed by atoms with E-state index in [0.29, 0.717) is 11.4 Å². The van der Waals surface area contributed by atoms with E-state index in [1.165, 1.54) is 0 Å². The van der Waals surface area contributed by atoms with Crippen molar-refractivity contribution in [3.8, 4) is 0 Å². The summed E-state index contributed by atoms with van der Waals surface area (Å²) in [4.78, 5) is 26.0. The standard InChI is InChI=1S/C17H20ClNO5S/c18-13-3-1-12(2-4-13)9-17(21)24-10-16(20)19(14-5-6-14)15-7-8-25(22,23)11-15/h1-4,14-15H,5-11H2/t15-/m1/s1. The second-order valence-electron chi connectivity index (χ2n) is 6.55. The number of rotatable bonds is 6. The van der Waals surface area contributed by atoms with Crippen LogP contribution in [-0.4, -0.2) is 55.4 Å². The summed E-state index contributed by atoms with van der Waals surface area (Å²) in [7, 11) is -3.07. The third-order valence-corrected chi connectivity index (χ3v) is 6.45. The summed E-state index contributed by atoms with van der Waals surface area (Å²) in [6, 6.07) is 6.62. The Morgan fingerprint density at radius 1 is 1.12 bits per heavy atom. The molecule has 1 aliphatic carbocycles. The number of amides is 1. The minimum atomic E-state index is -3.07. The lowest BCUT2D eigenvalue weighted by Crippen LogP contribution is -2.44. The van der Waals surface area contributed by atoms with Gasteiger partial charge in [-0.05, 0) is 37.0 Å². The van der Waals surface area contributed by atoms with Gasteiger partial charge in [0.2, 0.25) is 0 Å². The molecule has 0 aromatic heterocycles. The van der Waals surface area contributed by atoms with Gasteiger partial charge in [0.05, 0.1) is 17.9 Å². The Bertz CT molecular complexity index is 758. The van der Waals surface area contributed by atoms with Gasteiger partial charge in [0.25, 0.3) is 5.91 Å². The molecule has 1 atom stereocenters. The van der Waals surface area contributed by atoms with Crippen LogP contribution in [0.5, 0.6) is 0 Å². The first-order chi connectivity index (χ1) is 11.8. The fourth-order valence-corrected chi connectivity index (χ4v) is 4.93. The van der Waals surface area contributed by atoms with Gasteiger partial charge in [-0.25, -0.2) is 8.42 Å². The molecule has 25 heavy (non-hydrogen) atoms. The minimum Gasteiger partial charge on any atom is -0.455 e. The summed E-state index contributed by atoms with van der Waals surface area (Å²) in [6.45, 7) is -0.348. The van der Waals surface area contributed by atoms with Crippen molar-refractivity contribution < 1.29 is 22.7 Å². The molecule has 0 radical (unpaired) electrons. The molecule has 1 amide bonds. The predicted molar refractivity (Wildman–Crippen MR) is 93.0 cm³/mol. The highest BCUT2D eigenvalue weighted by molar-refractivity contribution is 7.91. The average Bonchev–Trinajstić information content (AvgIpc) is 3.31. The molecule has 2 aliphatic rings. The summed E-state index contributed by atoms with van der Waals surface area (Å²) in [5, 5.41) is 0.582. The Kier molecular flexibility index (Phi) is 5.34. The molecule has 0 bridgehead atoms. The van der Waals surface area contributed by atoms with Crippen LogP contribution in [0.4, 0.5) is 0 Å². The van der Waals surface area contributed by atoms with Crippen molar-refractivity contribution in [3.05, 3.63) is 34.9 Å². The Morgan fingerprint density at radius 3 is 2.36 bits per heavy atom. The quantitative estimate of drug-likeness (QED) is 0.695. The Hall–Kier alpha value is -1.60. The Balaban J connectivity index is 1.53. The molecule has 1 aromatic carbocycles. The van der Waals surface area contributed by atoms with E-state index in [-0.39, 0.29) is 42.5 Å². The van der Waals surface area contributed by atoms with Crippen LogP contribution in [0.1, 0.15) is 24.8 Å². The number of hydrogen-bond acceptors (Lipinski definition) is 5. The SMILES string of the molecule is O=C(Cc1ccc(Cl)cc1)OCC(=O)N(C1CC1)[C@@H]1CCS(=O)(=O)C1. The van der Waals surface area contributed by atoms with Gasteiger partial charge in [0.1, 0.15) is 0 Å². The lowest BCUT2D eigenvalue weighted by atomic mass is 10.1. The van der Waals surface area contributed by atoms with E-state index in [4.69, 9.17) is 16.3 Å². The molecule has 6 nitrogen and oxygen atoms in total. The van der Waals surface area contributed by atoms with Crippen LogP contribution in [0.3, 0.4) is 0 Å². The van der Waals surface area contributed by atoms with Crippen molar-refractivity contribution in [1.82, 2.24) is 4.90 Å². The van der Waals surface area contributed by atoms with E-state index in [0.717, 1.165) is 18.4 Å². The Labute approximate surface area is 152 Å². The first kappa shape index (κ1) is 18.2. The fraction of sp³-hybridized carbons (Fsp3) is 0.529. The molecule has 136 valence electrons. The molecule has 1 saturated heterocycles. The second-order valence-corrected chi connectivity index (χ2v) is 9.22. The van der Waals surface area contributed by atoms with E-state index in [2.05, 4.69) is 0 Å². The molecule has 0 unspecified atom stereocenters. The lowest BCUT2D eigenvalue weighted by Gasteiger charge is -2.28. The average molecular weight is 386 g/mol. The number of ether oxygens (including phenoxy) is 1. The van der Waals surface area contributed by atoms with Gasteiger partial charge in [0.15, 0.2) is 16.4 Å². The van der Waals surface area contributed by atoms with Gasteiger partial charge in [-0.2, -0.15) is 0 Å². The second kappa shape index (κ2) is 7.33. The summed E-state index contributed by atoms with van der Waals surface area (Å²) >= 11 is 5.79. The van der Waals surface area contributed by atoms with Crippen LogP contribution >= 0.6 is 11.6 Å². The number of nitrogens with zero attached hydrogens (tertiary/aromatic N) is 1. The van der Waals surface area contributed by atoms with Crippen molar-refractivity contribution in [2.75, 3.05) is 18.1 Å². The smallest absolute Gasteiger partial charge is 0.310 e. The molecule has 1 aliphatic heterocycles. The number of halogens is 1. The van der Waals surface area contributed by atoms with Crippen LogP contribution in [-0.2, 0) is 30.6 Å². The molecule has 8 heteroatoms. The first-order valence-electron chi connectivity index (χ1n) is 8.26. The van der Waals surface area contributed by atoms with Crippen molar-refractivity contribution in [2.24, 2.45) is 0 Å². The zero-order valence-electron chi connectivity index (χ0n) is 13.7. The predicted octanol–water partition coefficient (Wildman–Crippen LogP) is 1.60. The third-order valence-electron chi connectivity index (χ3n) is 4.45. The molecule has 2 fully saturated rings. The van der Waals surface area contributed by atoms with Crippen molar-refractivity contribution in [1.29, 1.82) is 0 Å². The number of benzene rings is 1. The molecule has 1 aromatic rings. The number of carbonyl (C=O) groups excluding carboxylic acids is 2. The molecule has 0 spiro atoms. The van der Waals surface area contributed by atoms with Crippen molar-refractivity contribution in [3.63, 3.8) is 0 Å². The fourth-order valence-electron chi connectivity index (χ4n) is 3.09. The maximum atomic E-state index is 12.5. The maximum absolute atomic E-state index is 12.5. The molecule has 1 heterocycles. The van der Waals surface area contributed by atoms with Crippen LogP contribution in [0.25, 0.3) is 0 Å². The lowest BCUT2D eigenvalue weighted by molar-refractivity contribution is -0.152.